The first-order valence-corrected chi connectivity index (χ1v) is 7.78. The average molecular weight is 314 g/mol. The zero-order valence-electron chi connectivity index (χ0n) is 11.0. The number of aromatic nitrogens is 1. The predicted molar refractivity (Wildman–Crippen MR) is 81.4 cm³/mol. The van der Waals surface area contributed by atoms with Crippen LogP contribution in [0.2, 0.25) is 0 Å². The van der Waals surface area contributed by atoms with E-state index in [9.17, 15) is 0 Å². The summed E-state index contributed by atoms with van der Waals surface area (Å²) in [6.07, 6.45) is 6.04. The molecule has 0 N–H and O–H groups in total. The van der Waals surface area contributed by atoms with Crippen LogP contribution in [0.15, 0.2) is 34.9 Å². The van der Waals surface area contributed by atoms with E-state index in [1.807, 2.05) is 6.20 Å². The fraction of sp³-hybridized carbons (Fsp3) is 0.353. The number of nitrogens with zero attached hydrogens (tertiary/aromatic N) is 1. The lowest BCUT2D eigenvalue weighted by molar-refractivity contribution is 0.714. The van der Waals surface area contributed by atoms with Crippen molar-refractivity contribution in [3.05, 3.63) is 51.6 Å². The third-order valence-electron chi connectivity index (χ3n) is 4.72. The van der Waals surface area contributed by atoms with Crippen LogP contribution in [0.1, 0.15) is 47.8 Å². The molecule has 0 aliphatic heterocycles. The van der Waals surface area contributed by atoms with Gasteiger partial charge in [0.05, 0.1) is 5.69 Å². The topological polar surface area (TPSA) is 12.9 Å². The van der Waals surface area contributed by atoms with Crippen LogP contribution >= 0.6 is 15.9 Å². The lowest BCUT2D eigenvalue weighted by atomic mass is 9.86. The molecule has 2 bridgehead atoms. The van der Waals surface area contributed by atoms with Crippen molar-refractivity contribution in [1.82, 2.24) is 4.98 Å². The second kappa shape index (κ2) is 4.17. The molecule has 96 valence electrons. The van der Waals surface area contributed by atoms with Crippen LogP contribution < -0.4 is 0 Å². The highest BCUT2D eigenvalue weighted by Gasteiger charge is 2.37. The number of fused-ring (bicyclic) bond motifs is 5. The lowest BCUT2D eigenvalue weighted by Crippen LogP contribution is -2.01. The molecule has 2 aromatic rings. The van der Waals surface area contributed by atoms with Crippen LogP contribution in [-0.2, 0) is 0 Å². The molecule has 2 aliphatic rings. The van der Waals surface area contributed by atoms with Gasteiger partial charge in [0.2, 0.25) is 0 Å². The number of hydrogen-bond donors (Lipinski definition) is 0. The normalized spacial score (nSPS) is 23.7. The van der Waals surface area contributed by atoms with Gasteiger partial charge in [-0.25, -0.2) is 0 Å². The van der Waals surface area contributed by atoms with Crippen molar-refractivity contribution in [3.8, 4) is 11.3 Å². The SMILES string of the molecule is Cc1cc(-c2ccc(Br)cn2)cc2c1C1CCC2C1. The molecule has 1 fully saturated rings. The summed E-state index contributed by atoms with van der Waals surface area (Å²) >= 11 is 3.45. The number of benzene rings is 1. The van der Waals surface area contributed by atoms with Gasteiger partial charge in [0.15, 0.2) is 0 Å². The van der Waals surface area contributed by atoms with Gasteiger partial charge in [0.25, 0.3) is 0 Å². The van der Waals surface area contributed by atoms with E-state index < -0.39 is 0 Å². The predicted octanol–water partition coefficient (Wildman–Crippen LogP) is 5.18. The van der Waals surface area contributed by atoms with Crippen molar-refractivity contribution in [1.29, 1.82) is 0 Å². The Bertz CT molecular complexity index is 645. The smallest absolute Gasteiger partial charge is 0.0703 e. The third kappa shape index (κ3) is 1.77. The van der Waals surface area contributed by atoms with E-state index in [0.717, 1.165) is 22.0 Å². The first kappa shape index (κ1) is 11.7. The van der Waals surface area contributed by atoms with E-state index >= 15 is 0 Å². The Labute approximate surface area is 122 Å². The molecular formula is C17H16BrN. The first-order valence-electron chi connectivity index (χ1n) is 6.99. The van der Waals surface area contributed by atoms with Crippen molar-refractivity contribution in [2.24, 2.45) is 0 Å². The van der Waals surface area contributed by atoms with E-state index in [4.69, 9.17) is 0 Å². The molecule has 0 spiro atoms. The Morgan fingerprint density at radius 2 is 2.00 bits per heavy atom. The van der Waals surface area contributed by atoms with Crippen molar-refractivity contribution in [3.63, 3.8) is 0 Å². The van der Waals surface area contributed by atoms with Gasteiger partial charge in [0.1, 0.15) is 0 Å². The molecule has 2 heteroatoms. The molecule has 2 aliphatic carbocycles. The molecule has 1 aromatic carbocycles. The Morgan fingerprint density at radius 3 is 2.79 bits per heavy atom. The Kier molecular flexibility index (Phi) is 2.56. The molecule has 2 unspecified atom stereocenters. The summed E-state index contributed by atoms with van der Waals surface area (Å²) in [5, 5.41) is 0. The Balaban J connectivity index is 1.85. The lowest BCUT2D eigenvalue weighted by Gasteiger charge is -2.19. The molecule has 1 saturated carbocycles. The highest BCUT2D eigenvalue weighted by atomic mass is 79.9. The van der Waals surface area contributed by atoms with Gasteiger partial charge in [-0.1, -0.05) is 0 Å². The summed E-state index contributed by atoms with van der Waals surface area (Å²) in [6.45, 7) is 2.27. The molecule has 1 nitrogen and oxygen atoms in total. The van der Waals surface area contributed by atoms with Crippen LogP contribution in [0.3, 0.4) is 0 Å². The summed E-state index contributed by atoms with van der Waals surface area (Å²) < 4.78 is 1.04. The van der Waals surface area contributed by atoms with E-state index in [1.165, 1.54) is 30.4 Å². The number of aryl methyl sites for hydroxylation is 1. The van der Waals surface area contributed by atoms with Gasteiger partial charge >= 0.3 is 0 Å². The minimum atomic E-state index is 0.814. The maximum absolute atomic E-state index is 4.53. The van der Waals surface area contributed by atoms with Crippen molar-refractivity contribution >= 4 is 15.9 Å². The molecule has 0 saturated heterocycles. The van der Waals surface area contributed by atoms with E-state index in [-0.39, 0.29) is 0 Å². The molecule has 2 atom stereocenters. The number of pyridine rings is 1. The monoisotopic (exact) mass is 313 g/mol. The van der Waals surface area contributed by atoms with Crippen LogP contribution in [0, 0.1) is 6.92 Å². The standard InChI is InChI=1S/C17H16BrN/c1-10-6-13(16-5-4-14(18)9-19-16)8-15-11-2-3-12(7-11)17(10)15/h4-6,8-9,11-12H,2-3,7H2,1H3. The maximum Gasteiger partial charge on any atom is 0.0703 e. The molecule has 19 heavy (non-hydrogen) atoms. The van der Waals surface area contributed by atoms with E-state index in [1.54, 1.807) is 11.1 Å². The summed E-state index contributed by atoms with van der Waals surface area (Å²) in [6, 6.07) is 8.87. The van der Waals surface area contributed by atoms with E-state index in [2.05, 4.69) is 52.1 Å². The van der Waals surface area contributed by atoms with Crippen molar-refractivity contribution in [2.75, 3.05) is 0 Å². The van der Waals surface area contributed by atoms with E-state index in [0.29, 0.717) is 0 Å². The van der Waals surface area contributed by atoms with Gasteiger partial charge in [-0.15, -0.1) is 0 Å². The summed E-state index contributed by atoms with van der Waals surface area (Å²) in [5.41, 5.74) is 7.07. The molecule has 0 radical (unpaired) electrons. The second-order valence-electron chi connectivity index (χ2n) is 5.86. The molecule has 1 aromatic heterocycles. The number of hydrogen-bond acceptors (Lipinski definition) is 1. The highest BCUT2D eigenvalue weighted by molar-refractivity contribution is 9.10. The van der Waals surface area contributed by atoms with Crippen LogP contribution in [0.4, 0.5) is 0 Å². The summed E-state index contributed by atoms with van der Waals surface area (Å²) in [7, 11) is 0. The fourth-order valence-corrected chi connectivity index (χ4v) is 4.18. The Morgan fingerprint density at radius 1 is 1.16 bits per heavy atom. The molecule has 1 heterocycles. The van der Waals surface area contributed by atoms with Gasteiger partial charge < -0.3 is 0 Å². The minimum Gasteiger partial charge on any atom is -0.255 e. The number of rotatable bonds is 1. The van der Waals surface area contributed by atoms with Gasteiger partial charge in [-0.3, -0.25) is 4.98 Å². The van der Waals surface area contributed by atoms with Crippen molar-refractivity contribution in [2.45, 2.75) is 38.0 Å². The van der Waals surface area contributed by atoms with Crippen LogP contribution in [0.5, 0.6) is 0 Å². The quantitative estimate of drug-likeness (QED) is 0.706. The average Bonchev–Trinajstić information content (AvgIpc) is 3.00. The van der Waals surface area contributed by atoms with Gasteiger partial charge in [-0.05, 0) is 94.9 Å². The van der Waals surface area contributed by atoms with Crippen LogP contribution in [-0.4, -0.2) is 4.98 Å². The zero-order chi connectivity index (χ0) is 13.0. The first-order chi connectivity index (χ1) is 9.22. The third-order valence-corrected chi connectivity index (χ3v) is 5.19. The molecule has 4 rings (SSSR count). The van der Waals surface area contributed by atoms with Gasteiger partial charge in [0, 0.05) is 16.2 Å². The Hall–Kier alpha value is -1.15. The zero-order valence-corrected chi connectivity index (χ0v) is 12.6. The van der Waals surface area contributed by atoms with Crippen molar-refractivity contribution < 1.29 is 0 Å². The second-order valence-corrected chi connectivity index (χ2v) is 6.78. The minimum absolute atomic E-state index is 0.814. The molecular weight excluding hydrogens is 298 g/mol. The summed E-state index contributed by atoms with van der Waals surface area (Å²) in [4.78, 5) is 4.53. The van der Waals surface area contributed by atoms with Crippen LogP contribution in [0.25, 0.3) is 11.3 Å². The molecule has 0 amide bonds. The number of halogens is 1. The largest absolute Gasteiger partial charge is 0.255 e. The fourth-order valence-electron chi connectivity index (χ4n) is 3.94. The maximum atomic E-state index is 4.53. The van der Waals surface area contributed by atoms with Gasteiger partial charge in [-0.2, -0.15) is 0 Å². The highest BCUT2D eigenvalue weighted by Crippen LogP contribution is 2.54. The summed E-state index contributed by atoms with van der Waals surface area (Å²) in [5.74, 6) is 1.65.